The molecule has 43 heavy (non-hydrogen) atoms. The van der Waals surface area contributed by atoms with Gasteiger partial charge in [-0.3, -0.25) is 0 Å². The summed E-state index contributed by atoms with van der Waals surface area (Å²) in [5.74, 6) is 0.967. The Labute approximate surface area is 247 Å². The number of imidazole rings is 1. The monoisotopic (exact) mass is 595 g/mol. The molecule has 0 atom stereocenters. The molecule has 0 unspecified atom stereocenters. The largest absolute Gasteiger partial charge is 0.419 e. The topological polar surface area (TPSA) is 114 Å². The van der Waals surface area contributed by atoms with Gasteiger partial charge in [0.25, 0.3) is 0 Å². The number of hydrogen-bond acceptors (Lipinski definition) is 8. The predicted molar refractivity (Wildman–Crippen MR) is 159 cm³/mol. The summed E-state index contributed by atoms with van der Waals surface area (Å²) >= 11 is 0. The molecule has 13 heteroatoms. The molecule has 226 valence electrons. The Bertz CT molecular complexity index is 1610. The first-order chi connectivity index (χ1) is 20.5. The van der Waals surface area contributed by atoms with E-state index in [1.54, 1.807) is 24.5 Å². The van der Waals surface area contributed by atoms with Crippen molar-refractivity contribution < 1.29 is 17.6 Å². The van der Waals surface area contributed by atoms with Crippen molar-refractivity contribution >= 4 is 23.0 Å². The minimum absolute atomic E-state index is 0.0465. The summed E-state index contributed by atoms with van der Waals surface area (Å²) in [5, 5.41) is 0. The molecule has 2 aliphatic rings. The van der Waals surface area contributed by atoms with Crippen LogP contribution in [0.15, 0.2) is 59.8 Å². The Morgan fingerprint density at radius 2 is 1.88 bits per heavy atom. The summed E-state index contributed by atoms with van der Waals surface area (Å²) in [6, 6.07) is 3.01. The molecule has 2 aromatic heterocycles. The SMILES string of the molecule is CN(C)CCn1cc(-c2ccc(F)c(C(F)(F)F)c2)nc1C1CCN(c2ncnc(N)c2C2=CN=C(N)CC=C=C2)CC1. The third kappa shape index (κ3) is 6.79. The van der Waals surface area contributed by atoms with Gasteiger partial charge in [-0.15, -0.1) is 5.73 Å². The number of alkyl halides is 3. The van der Waals surface area contributed by atoms with E-state index in [0.717, 1.165) is 30.8 Å². The van der Waals surface area contributed by atoms with Gasteiger partial charge < -0.3 is 25.8 Å². The van der Waals surface area contributed by atoms with Gasteiger partial charge in [0.05, 0.1) is 16.8 Å². The molecule has 2 aliphatic heterocycles. The Morgan fingerprint density at radius 3 is 2.60 bits per heavy atom. The maximum Gasteiger partial charge on any atom is 0.419 e. The molecule has 1 saturated heterocycles. The Morgan fingerprint density at radius 1 is 1.12 bits per heavy atom. The second-order valence-electron chi connectivity index (χ2n) is 10.8. The number of benzene rings is 1. The van der Waals surface area contributed by atoms with Crippen LogP contribution in [0.4, 0.5) is 29.2 Å². The number of allylic oxidation sites excluding steroid dienone is 1. The summed E-state index contributed by atoms with van der Waals surface area (Å²) in [6.07, 6.45) is 5.54. The molecule has 3 aromatic rings. The van der Waals surface area contributed by atoms with Crippen molar-refractivity contribution in [1.29, 1.82) is 0 Å². The van der Waals surface area contributed by atoms with E-state index in [1.165, 1.54) is 12.4 Å². The van der Waals surface area contributed by atoms with E-state index in [1.807, 2.05) is 23.6 Å². The summed E-state index contributed by atoms with van der Waals surface area (Å²) in [6.45, 7) is 2.59. The molecule has 0 saturated carbocycles. The van der Waals surface area contributed by atoms with Gasteiger partial charge in [0.1, 0.15) is 35.4 Å². The Balaban J connectivity index is 1.42. The van der Waals surface area contributed by atoms with Gasteiger partial charge in [-0.25, -0.2) is 24.3 Å². The molecule has 5 rings (SSSR count). The van der Waals surface area contributed by atoms with Crippen LogP contribution in [0.3, 0.4) is 0 Å². The fourth-order valence-corrected chi connectivity index (χ4v) is 5.23. The van der Waals surface area contributed by atoms with Crippen LogP contribution in [-0.4, -0.2) is 64.0 Å². The average molecular weight is 596 g/mol. The first-order valence-corrected chi connectivity index (χ1v) is 13.9. The molecule has 1 aromatic carbocycles. The van der Waals surface area contributed by atoms with E-state index >= 15 is 0 Å². The lowest BCUT2D eigenvalue weighted by molar-refractivity contribution is -0.139. The maximum atomic E-state index is 14.0. The third-order valence-corrected chi connectivity index (χ3v) is 7.51. The highest BCUT2D eigenvalue weighted by Gasteiger charge is 2.35. The van der Waals surface area contributed by atoms with Crippen LogP contribution in [0.2, 0.25) is 0 Å². The number of aromatic nitrogens is 4. The highest BCUT2D eigenvalue weighted by molar-refractivity contribution is 5.89. The fraction of sp³-hybridized carbons (Fsp3) is 0.367. The van der Waals surface area contributed by atoms with Crippen LogP contribution in [-0.2, 0) is 12.7 Å². The molecule has 0 radical (unpaired) electrons. The van der Waals surface area contributed by atoms with Crippen molar-refractivity contribution in [3.63, 3.8) is 0 Å². The molecule has 0 aliphatic carbocycles. The van der Waals surface area contributed by atoms with E-state index in [2.05, 4.69) is 25.6 Å². The van der Waals surface area contributed by atoms with E-state index in [-0.39, 0.29) is 11.5 Å². The maximum absolute atomic E-state index is 14.0. The smallest absolute Gasteiger partial charge is 0.387 e. The van der Waals surface area contributed by atoms with Crippen LogP contribution in [0, 0.1) is 5.82 Å². The van der Waals surface area contributed by atoms with Crippen LogP contribution in [0.25, 0.3) is 16.8 Å². The molecule has 4 N–H and O–H groups in total. The number of likely N-dealkylation sites (N-methyl/N-ethyl adjacent to an activating group) is 1. The van der Waals surface area contributed by atoms with Crippen LogP contribution >= 0.6 is 0 Å². The number of hydrogen-bond donors (Lipinski definition) is 2. The molecular formula is C30H33F4N9. The van der Waals surface area contributed by atoms with E-state index in [4.69, 9.17) is 16.5 Å². The first-order valence-electron chi connectivity index (χ1n) is 13.9. The normalized spacial score (nSPS) is 16.3. The molecule has 4 heterocycles. The number of nitrogens with two attached hydrogens (primary N) is 2. The highest BCUT2D eigenvalue weighted by Crippen LogP contribution is 2.37. The van der Waals surface area contributed by atoms with Crippen LogP contribution < -0.4 is 16.4 Å². The highest BCUT2D eigenvalue weighted by atomic mass is 19.4. The van der Waals surface area contributed by atoms with E-state index in [9.17, 15) is 17.6 Å². The number of nitrogens with zero attached hydrogens (tertiary/aromatic N) is 7. The zero-order valence-corrected chi connectivity index (χ0v) is 23.9. The minimum Gasteiger partial charge on any atom is -0.387 e. The number of amidine groups is 1. The van der Waals surface area contributed by atoms with Crippen molar-refractivity contribution in [2.75, 3.05) is 44.4 Å². The molecule has 0 bridgehead atoms. The fourth-order valence-electron chi connectivity index (χ4n) is 5.23. The molecule has 0 spiro atoms. The van der Waals surface area contributed by atoms with E-state index < -0.39 is 17.6 Å². The molecule has 0 amide bonds. The van der Waals surface area contributed by atoms with Crippen molar-refractivity contribution in [3.05, 3.63) is 77.6 Å². The zero-order valence-electron chi connectivity index (χ0n) is 23.9. The van der Waals surface area contributed by atoms with Crippen LogP contribution in [0.5, 0.6) is 0 Å². The second-order valence-corrected chi connectivity index (χ2v) is 10.8. The lowest BCUT2D eigenvalue weighted by Gasteiger charge is -2.34. The molecule has 9 nitrogen and oxygen atoms in total. The summed E-state index contributed by atoms with van der Waals surface area (Å²) in [7, 11) is 3.90. The molecule has 1 fully saturated rings. The van der Waals surface area contributed by atoms with Crippen molar-refractivity contribution in [3.8, 4) is 11.3 Å². The third-order valence-electron chi connectivity index (χ3n) is 7.51. The zero-order chi connectivity index (χ0) is 30.7. The minimum atomic E-state index is -4.80. The standard InChI is InChI=1S/C30H33F4N9/c1-41(2)13-14-43-17-24(20-7-8-23(31)22(15-20)30(32,33)34)40-28(43)19-9-11-42(12-10-19)29-26(27(36)38-18-39-29)21-5-3-4-6-25(35)37-16-21/h4-5,7-8,15-19H,6,9-14H2,1-2H3,(H2,35,37)(H2,36,38,39). The molecular weight excluding hydrogens is 562 g/mol. The summed E-state index contributed by atoms with van der Waals surface area (Å²) in [4.78, 5) is 22.0. The van der Waals surface area contributed by atoms with Gasteiger partial charge in [-0.05, 0) is 57.3 Å². The quantitative estimate of drug-likeness (QED) is 0.297. The van der Waals surface area contributed by atoms with Gasteiger partial charge in [0.15, 0.2) is 0 Å². The lowest BCUT2D eigenvalue weighted by Crippen LogP contribution is -2.35. The van der Waals surface area contributed by atoms with Crippen molar-refractivity contribution in [2.24, 2.45) is 10.7 Å². The average Bonchev–Trinajstić information content (AvgIpc) is 3.38. The number of nitrogen functional groups attached to an aromatic ring is 1. The lowest BCUT2D eigenvalue weighted by atomic mass is 9.95. The number of piperidine rings is 1. The first kappa shape index (κ1) is 30.0. The van der Waals surface area contributed by atoms with Crippen LogP contribution in [0.1, 0.15) is 42.1 Å². The number of aliphatic imine (C=N–C) groups is 1. The summed E-state index contributed by atoms with van der Waals surface area (Å²) in [5.41, 5.74) is 16.0. The Kier molecular flexibility index (Phi) is 8.65. The number of anilines is 2. The van der Waals surface area contributed by atoms with Gasteiger partial charge >= 0.3 is 6.18 Å². The van der Waals surface area contributed by atoms with Crippen molar-refractivity contribution in [2.45, 2.75) is 37.9 Å². The number of rotatable bonds is 7. The van der Waals surface area contributed by atoms with Gasteiger partial charge in [0, 0.05) is 62.1 Å². The van der Waals surface area contributed by atoms with Gasteiger partial charge in [0.2, 0.25) is 0 Å². The van der Waals surface area contributed by atoms with E-state index in [0.29, 0.717) is 66.9 Å². The van der Waals surface area contributed by atoms with Crippen molar-refractivity contribution in [1.82, 2.24) is 24.4 Å². The second kappa shape index (κ2) is 12.4. The summed E-state index contributed by atoms with van der Waals surface area (Å²) < 4.78 is 56.2. The van der Waals surface area contributed by atoms with Gasteiger partial charge in [-0.1, -0.05) is 0 Å². The predicted octanol–water partition coefficient (Wildman–Crippen LogP) is 4.84. The Hall–Kier alpha value is -4.48. The number of halogens is 4. The van der Waals surface area contributed by atoms with Gasteiger partial charge in [-0.2, -0.15) is 13.2 Å².